The monoisotopic (exact) mass is 366 g/mol. The highest BCUT2D eigenvalue weighted by Crippen LogP contribution is 2.25. The van der Waals surface area contributed by atoms with Crippen molar-refractivity contribution in [1.29, 1.82) is 0 Å². The summed E-state index contributed by atoms with van der Waals surface area (Å²) < 4.78 is 0. The predicted octanol–water partition coefficient (Wildman–Crippen LogP) is 3.84. The second-order valence-electron chi connectivity index (χ2n) is 6.68. The van der Waals surface area contributed by atoms with Crippen molar-refractivity contribution in [3.05, 3.63) is 47.7 Å². The first-order chi connectivity index (χ1) is 12.8. The lowest BCUT2D eigenvalue weighted by atomic mass is 10.0. The Hall–Kier alpha value is -2.54. The van der Waals surface area contributed by atoms with Crippen LogP contribution in [0.25, 0.3) is 10.6 Å². The molecule has 1 saturated heterocycles. The molecule has 3 aromatic rings. The first kappa shape index (κ1) is 16.9. The summed E-state index contributed by atoms with van der Waals surface area (Å²) in [6, 6.07) is 12.2. The maximum Gasteiger partial charge on any atom is 0.147 e. The third-order valence-electron chi connectivity index (χ3n) is 4.54. The van der Waals surface area contributed by atoms with E-state index < -0.39 is 0 Å². The number of anilines is 2. The molecular formula is C19H22N6S. The molecule has 134 valence electrons. The summed E-state index contributed by atoms with van der Waals surface area (Å²) in [4.78, 5) is 11.1. The molecule has 4 rings (SSSR count). The highest BCUT2D eigenvalue weighted by molar-refractivity contribution is 7.14. The van der Waals surface area contributed by atoms with E-state index in [2.05, 4.69) is 37.3 Å². The molecule has 0 saturated carbocycles. The quantitative estimate of drug-likeness (QED) is 0.740. The van der Waals surface area contributed by atoms with Gasteiger partial charge in [-0.3, -0.25) is 0 Å². The molecule has 1 aliphatic heterocycles. The van der Waals surface area contributed by atoms with E-state index in [0.717, 1.165) is 40.3 Å². The minimum Gasteiger partial charge on any atom is -0.363 e. The fraction of sp³-hybridized carbons (Fsp3) is 0.368. The molecule has 0 radical (unpaired) electrons. The second kappa shape index (κ2) is 7.78. The Balaban J connectivity index is 1.41. The lowest BCUT2D eigenvalue weighted by Gasteiger charge is -2.31. The van der Waals surface area contributed by atoms with Crippen LogP contribution in [0.5, 0.6) is 0 Å². The lowest BCUT2D eigenvalue weighted by Crippen LogP contribution is -2.34. The molecule has 1 aromatic carbocycles. The van der Waals surface area contributed by atoms with Gasteiger partial charge in [0, 0.05) is 24.7 Å². The first-order valence-electron chi connectivity index (χ1n) is 8.96. The van der Waals surface area contributed by atoms with Gasteiger partial charge in [-0.1, -0.05) is 48.6 Å². The molecule has 1 fully saturated rings. The molecule has 1 unspecified atom stereocenters. The van der Waals surface area contributed by atoms with Crippen molar-refractivity contribution in [1.82, 2.24) is 20.2 Å². The third kappa shape index (κ3) is 3.99. The van der Waals surface area contributed by atoms with Crippen molar-refractivity contribution in [2.24, 2.45) is 5.92 Å². The van der Waals surface area contributed by atoms with Crippen LogP contribution in [-0.2, 0) is 6.54 Å². The zero-order valence-electron chi connectivity index (χ0n) is 14.8. The molecule has 26 heavy (non-hydrogen) atoms. The Bertz CT molecular complexity index is 850. The molecule has 3 heterocycles. The molecule has 0 aliphatic carbocycles. The van der Waals surface area contributed by atoms with Gasteiger partial charge < -0.3 is 10.2 Å². The van der Waals surface area contributed by atoms with Gasteiger partial charge in [-0.25, -0.2) is 9.97 Å². The smallest absolute Gasteiger partial charge is 0.147 e. The molecule has 2 aromatic heterocycles. The van der Waals surface area contributed by atoms with Crippen LogP contribution < -0.4 is 10.2 Å². The largest absolute Gasteiger partial charge is 0.363 e. The Morgan fingerprint density at radius 1 is 1.19 bits per heavy atom. The van der Waals surface area contributed by atoms with Crippen LogP contribution in [0.1, 0.15) is 24.8 Å². The average Bonchev–Trinajstić information content (AvgIpc) is 3.16. The van der Waals surface area contributed by atoms with Gasteiger partial charge >= 0.3 is 0 Å². The van der Waals surface area contributed by atoms with Gasteiger partial charge in [-0.15, -0.1) is 10.2 Å². The van der Waals surface area contributed by atoms with E-state index in [-0.39, 0.29) is 0 Å². The van der Waals surface area contributed by atoms with Crippen LogP contribution in [0, 0.1) is 5.92 Å². The number of hydrogen-bond donors (Lipinski definition) is 1. The molecule has 1 aliphatic rings. The summed E-state index contributed by atoms with van der Waals surface area (Å²) in [5.74, 6) is 2.54. The number of benzene rings is 1. The predicted molar refractivity (Wildman–Crippen MR) is 105 cm³/mol. The normalized spacial score (nSPS) is 17.3. The first-order valence-corrected chi connectivity index (χ1v) is 9.78. The molecule has 7 heteroatoms. The van der Waals surface area contributed by atoms with Crippen LogP contribution >= 0.6 is 11.3 Å². The standard InChI is InChI=1S/C19H22N6S/c1-14-6-5-9-25(12-14)17-10-16(21-13-22-17)20-11-18-23-24-19(26-18)15-7-3-2-4-8-15/h2-4,7-8,10,13-14H,5-6,9,11-12H2,1H3,(H,20,21,22). The number of rotatable bonds is 5. The average molecular weight is 366 g/mol. The van der Waals surface area contributed by atoms with E-state index in [0.29, 0.717) is 12.5 Å². The summed E-state index contributed by atoms with van der Waals surface area (Å²) in [6.07, 6.45) is 4.15. The van der Waals surface area contributed by atoms with Crippen LogP contribution in [0.3, 0.4) is 0 Å². The molecule has 1 N–H and O–H groups in total. The molecular weight excluding hydrogens is 344 g/mol. The van der Waals surface area contributed by atoms with E-state index in [9.17, 15) is 0 Å². The topological polar surface area (TPSA) is 66.8 Å². The Morgan fingerprint density at radius 2 is 2.08 bits per heavy atom. The summed E-state index contributed by atoms with van der Waals surface area (Å²) in [6.45, 7) is 5.04. The Morgan fingerprint density at radius 3 is 2.92 bits per heavy atom. The maximum atomic E-state index is 4.45. The lowest BCUT2D eigenvalue weighted by molar-refractivity contribution is 0.444. The van der Waals surface area contributed by atoms with Crippen molar-refractivity contribution in [2.75, 3.05) is 23.3 Å². The van der Waals surface area contributed by atoms with Crippen LogP contribution in [0.15, 0.2) is 42.7 Å². The van der Waals surface area contributed by atoms with E-state index in [4.69, 9.17) is 0 Å². The van der Waals surface area contributed by atoms with Crippen LogP contribution in [0.2, 0.25) is 0 Å². The summed E-state index contributed by atoms with van der Waals surface area (Å²) in [5.41, 5.74) is 1.10. The SMILES string of the molecule is CC1CCCN(c2cc(NCc3nnc(-c4ccccc4)s3)ncn2)C1. The zero-order chi connectivity index (χ0) is 17.8. The van der Waals surface area contributed by atoms with Gasteiger partial charge in [0.2, 0.25) is 0 Å². The third-order valence-corrected chi connectivity index (χ3v) is 5.51. The van der Waals surface area contributed by atoms with Gasteiger partial charge in [0.15, 0.2) is 0 Å². The second-order valence-corrected chi connectivity index (χ2v) is 7.74. The van der Waals surface area contributed by atoms with E-state index in [1.165, 1.54) is 12.8 Å². The molecule has 0 amide bonds. The summed E-state index contributed by atoms with van der Waals surface area (Å²) in [7, 11) is 0. The van der Waals surface area contributed by atoms with Crippen molar-refractivity contribution >= 4 is 23.0 Å². The minimum atomic E-state index is 0.608. The molecule has 6 nitrogen and oxygen atoms in total. The fourth-order valence-electron chi connectivity index (χ4n) is 3.20. The zero-order valence-corrected chi connectivity index (χ0v) is 15.6. The highest BCUT2D eigenvalue weighted by atomic mass is 32.1. The van der Waals surface area contributed by atoms with Gasteiger partial charge in [-0.05, 0) is 18.8 Å². The van der Waals surface area contributed by atoms with Crippen LogP contribution in [-0.4, -0.2) is 33.3 Å². The molecule has 0 spiro atoms. The van der Waals surface area contributed by atoms with E-state index >= 15 is 0 Å². The molecule has 1 atom stereocenters. The van der Waals surface area contributed by atoms with Crippen molar-refractivity contribution in [3.8, 4) is 10.6 Å². The van der Waals surface area contributed by atoms with E-state index in [1.54, 1.807) is 17.7 Å². The number of piperidine rings is 1. The minimum absolute atomic E-state index is 0.608. The van der Waals surface area contributed by atoms with Gasteiger partial charge in [0.1, 0.15) is 28.0 Å². The number of nitrogens with zero attached hydrogens (tertiary/aromatic N) is 5. The summed E-state index contributed by atoms with van der Waals surface area (Å²) >= 11 is 1.60. The highest BCUT2D eigenvalue weighted by Gasteiger charge is 2.18. The van der Waals surface area contributed by atoms with Gasteiger partial charge in [0.05, 0.1) is 6.54 Å². The number of nitrogens with one attached hydrogen (secondary N) is 1. The van der Waals surface area contributed by atoms with Crippen molar-refractivity contribution < 1.29 is 0 Å². The van der Waals surface area contributed by atoms with Crippen molar-refractivity contribution in [3.63, 3.8) is 0 Å². The maximum absolute atomic E-state index is 4.45. The van der Waals surface area contributed by atoms with Crippen molar-refractivity contribution in [2.45, 2.75) is 26.3 Å². The number of hydrogen-bond acceptors (Lipinski definition) is 7. The van der Waals surface area contributed by atoms with Crippen LogP contribution in [0.4, 0.5) is 11.6 Å². The fourth-order valence-corrected chi connectivity index (χ4v) is 3.99. The summed E-state index contributed by atoms with van der Waals surface area (Å²) in [5, 5.41) is 13.8. The Kier molecular flexibility index (Phi) is 5.06. The van der Waals surface area contributed by atoms with Gasteiger partial charge in [-0.2, -0.15) is 0 Å². The number of aromatic nitrogens is 4. The Labute approximate surface area is 157 Å². The van der Waals surface area contributed by atoms with Gasteiger partial charge in [0.25, 0.3) is 0 Å². The molecule has 0 bridgehead atoms. The van der Waals surface area contributed by atoms with E-state index in [1.807, 2.05) is 36.4 Å².